The fourth-order valence-corrected chi connectivity index (χ4v) is 1.93. The molecule has 1 unspecified atom stereocenters. The molecule has 1 rings (SSSR count). The Morgan fingerprint density at radius 2 is 2.14 bits per heavy atom. The molecule has 0 aliphatic rings. The molecule has 1 N–H and O–H groups in total. The van der Waals surface area contributed by atoms with Crippen molar-refractivity contribution in [1.82, 2.24) is 0 Å². The Balaban J connectivity index is 3.08. The van der Waals surface area contributed by atoms with Crippen molar-refractivity contribution in [2.24, 2.45) is 0 Å². The lowest BCUT2D eigenvalue weighted by Gasteiger charge is -2.07. The van der Waals surface area contributed by atoms with Crippen molar-refractivity contribution in [3.63, 3.8) is 0 Å². The van der Waals surface area contributed by atoms with Crippen LogP contribution in [0.4, 0.5) is 0 Å². The van der Waals surface area contributed by atoms with Gasteiger partial charge in [-0.25, -0.2) is 8.42 Å². The maximum atomic E-state index is 10.5. The minimum absolute atomic E-state index is 0.0886. The molecule has 0 spiro atoms. The lowest BCUT2D eigenvalue weighted by Crippen LogP contribution is -1.95. The van der Waals surface area contributed by atoms with Crippen molar-refractivity contribution in [3.8, 4) is 0 Å². The molecule has 0 saturated carbocycles. The summed E-state index contributed by atoms with van der Waals surface area (Å²) in [5.74, 6) is -0.0886. The molecule has 14 heavy (non-hydrogen) atoms. The van der Waals surface area contributed by atoms with Gasteiger partial charge in [-0.1, -0.05) is 23.7 Å². The van der Waals surface area contributed by atoms with Crippen LogP contribution in [0.1, 0.15) is 24.2 Å². The highest BCUT2D eigenvalue weighted by molar-refractivity contribution is 7.71. The molecule has 3 nitrogen and oxygen atoms in total. The summed E-state index contributed by atoms with van der Waals surface area (Å²) in [6.45, 7) is 1.62. The second-order valence-corrected chi connectivity index (χ2v) is 4.41. The molecule has 0 aromatic heterocycles. The van der Waals surface area contributed by atoms with Crippen molar-refractivity contribution in [3.05, 3.63) is 34.3 Å². The molecule has 1 aromatic rings. The van der Waals surface area contributed by atoms with Crippen LogP contribution < -0.4 is 0 Å². The molecule has 0 saturated heterocycles. The maximum absolute atomic E-state index is 10.5. The Morgan fingerprint density at radius 3 is 2.64 bits per heavy atom. The van der Waals surface area contributed by atoms with E-state index < -0.39 is 16.8 Å². The van der Waals surface area contributed by atoms with Crippen LogP contribution in [0, 0.1) is 0 Å². The minimum Gasteiger partial charge on any atom is -0.389 e. The zero-order chi connectivity index (χ0) is 10.7. The molecule has 0 bridgehead atoms. The normalized spacial score (nSPS) is 13.1. The summed E-state index contributed by atoms with van der Waals surface area (Å²) in [5.41, 5.74) is 1.20. The Bertz CT molecular complexity index is 391. The third-order valence-electron chi connectivity index (χ3n) is 1.85. The largest absolute Gasteiger partial charge is 0.389 e. The van der Waals surface area contributed by atoms with E-state index >= 15 is 0 Å². The van der Waals surface area contributed by atoms with Gasteiger partial charge in [0.05, 0.1) is 11.9 Å². The number of hydrogen-bond acceptors (Lipinski definition) is 3. The third-order valence-corrected chi connectivity index (χ3v) is 2.82. The van der Waals surface area contributed by atoms with Gasteiger partial charge in [-0.15, -0.1) is 0 Å². The molecule has 0 heterocycles. The van der Waals surface area contributed by atoms with E-state index in [1.807, 2.05) is 0 Å². The van der Waals surface area contributed by atoms with E-state index in [1.165, 1.54) is 0 Å². The van der Waals surface area contributed by atoms with Gasteiger partial charge in [-0.3, -0.25) is 0 Å². The summed E-state index contributed by atoms with van der Waals surface area (Å²) in [6, 6.07) is 4.88. The highest BCUT2D eigenvalue weighted by atomic mass is 35.5. The number of halogens is 1. The van der Waals surface area contributed by atoms with Gasteiger partial charge in [0.1, 0.15) is 10.7 Å². The van der Waals surface area contributed by atoms with Crippen LogP contribution in [0.5, 0.6) is 0 Å². The zero-order valence-electron chi connectivity index (χ0n) is 7.61. The first-order chi connectivity index (χ1) is 6.50. The Morgan fingerprint density at radius 1 is 1.50 bits per heavy atom. The zero-order valence-corrected chi connectivity index (χ0v) is 9.26. The summed E-state index contributed by atoms with van der Waals surface area (Å²) in [5, 5.41) is 9.69. The van der Waals surface area contributed by atoms with Gasteiger partial charge in [-0.2, -0.15) is 0 Å². The number of aliphatic hydroxyl groups is 1. The lowest BCUT2D eigenvalue weighted by atomic mass is 10.1. The average molecular weight is 235 g/mol. The number of aliphatic hydroxyl groups excluding tert-OH is 1. The Labute approximate surface area is 89.3 Å². The molecule has 0 aliphatic carbocycles. The van der Waals surface area contributed by atoms with Crippen LogP contribution >= 0.6 is 11.6 Å². The third kappa shape index (κ3) is 2.97. The van der Waals surface area contributed by atoms with E-state index in [9.17, 15) is 13.5 Å². The van der Waals surface area contributed by atoms with Gasteiger partial charge < -0.3 is 5.11 Å². The van der Waals surface area contributed by atoms with E-state index in [2.05, 4.69) is 0 Å². The first kappa shape index (κ1) is 11.5. The van der Waals surface area contributed by atoms with Crippen LogP contribution in [0.3, 0.4) is 0 Å². The van der Waals surface area contributed by atoms with Gasteiger partial charge in [0, 0.05) is 5.02 Å². The van der Waals surface area contributed by atoms with Gasteiger partial charge in [0.15, 0.2) is 0 Å². The molecule has 1 aromatic carbocycles. The quantitative estimate of drug-likeness (QED) is 0.780. The molecular formula is C9H11ClO3S. The van der Waals surface area contributed by atoms with Crippen molar-refractivity contribution in [2.45, 2.75) is 18.8 Å². The summed E-state index contributed by atoms with van der Waals surface area (Å²) in [7, 11) is -2.49. The predicted octanol–water partition coefficient (Wildman–Crippen LogP) is 1.50. The number of hydrogen-bond donors (Lipinski definition) is 2. The fourth-order valence-electron chi connectivity index (χ4n) is 1.11. The molecule has 1 atom stereocenters. The highest BCUT2D eigenvalue weighted by Crippen LogP contribution is 2.21. The molecule has 0 amide bonds. The molecule has 0 radical (unpaired) electrons. The van der Waals surface area contributed by atoms with Gasteiger partial charge in [0.2, 0.25) is 0 Å². The first-order valence-corrected chi connectivity index (χ1v) is 5.83. The summed E-state index contributed by atoms with van der Waals surface area (Å²) in [4.78, 5) is 0. The van der Waals surface area contributed by atoms with E-state index in [-0.39, 0.29) is 5.75 Å². The molecule has 0 fully saturated rings. The van der Waals surface area contributed by atoms with Crippen LogP contribution in [-0.4, -0.2) is 13.5 Å². The molecule has 5 heteroatoms. The SMILES string of the molecule is CC(O)c1ccc(Cl)c(C[SH](=O)=O)c1. The maximum Gasteiger partial charge on any atom is 0.144 e. The van der Waals surface area contributed by atoms with E-state index in [4.69, 9.17) is 11.6 Å². The van der Waals surface area contributed by atoms with Crippen molar-refractivity contribution < 1.29 is 13.5 Å². The second-order valence-electron chi connectivity index (χ2n) is 3.02. The van der Waals surface area contributed by atoms with Gasteiger partial charge in [-0.05, 0) is 24.1 Å². The highest BCUT2D eigenvalue weighted by Gasteiger charge is 2.06. The molecule has 78 valence electrons. The monoisotopic (exact) mass is 234 g/mol. The smallest absolute Gasteiger partial charge is 0.144 e. The summed E-state index contributed by atoms with van der Waals surface area (Å²) in [6.07, 6.45) is -0.615. The standard InChI is InChI=1S/C9H11ClO3S/c1-6(11)7-2-3-9(10)8(4-7)5-14(12)13/h2-4,6,11,14H,5H2,1H3. The second kappa shape index (κ2) is 4.77. The van der Waals surface area contributed by atoms with Crippen LogP contribution in [0.25, 0.3) is 0 Å². The predicted molar refractivity (Wildman–Crippen MR) is 56.1 cm³/mol. The Kier molecular flexibility index (Phi) is 3.92. The van der Waals surface area contributed by atoms with Crippen LogP contribution in [0.2, 0.25) is 5.02 Å². The average Bonchev–Trinajstić information content (AvgIpc) is 2.07. The lowest BCUT2D eigenvalue weighted by molar-refractivity contribution is 0.199. The Hall–Kier alpha value is -0.580. The minimum atomic E-state index is -2.49. The number of benzene rings is 1. The van der Waals surface area contributed by atoms with E-state index in [1.54, 1.807) is 25.1 Å². The van der Waals surface area contributed by atoms with Crippen LogP contribution in [-0.2, 0) is 16.5 Å². The van der Waals surface area contributed by atoms with Crippen molar-refractivity contribution in [2.75, 3.05) is 0 Å². The summed E-state index contributed by atoms with van der Waals surface area (Å²) >= 11 is 5.80. The van der Waals surface area contributed by atoms with E-state index in [0.29, 0.717) is 16.1 Å². The summed E-state index contributed by atoms with van der Waals surface area (Å²) < 4.78 is 21.0. The van der Waals surface area contributed by atoms with Crippen LogP contribution in [0.15, 0.2) is 18.2 Å². The van der Waals surface area contributed by atoms with E-state index in [0.717, 1.165) is 0 Å². The number of rotatable bonds is 3. The van der Waals surface area contributed by atoms with Crippen molar-refractivity contribution in [1.29, 1.82) is 0 Å². The topological polar surface area (TPSA) is 54.4 Å². The fraction of sp³-hybridized carbons (Fsp3) is 0.333. The van der Waals surface area contributed by atoms with Gasteiger partial charge >= 0.3 is 0 Å². The van der Waals surface area contributed by atoms with Gasteiger partial charge in [0.25, 0.3) is 0 Å². The first-order valence-electron chi connectivity index (χ1n) is 4.09. The number of thiol groups is 1. The van der Waals surface area contributed by atoms with Crippen molar-refractivity contribution >= 4 is 22.3 Å². The molecule has 0 aliphatic heterocycles. The molecular weight excluding hydrogens is 224 g/mol.